The van der Waals surface area contributed by atoms with Crippen molar-refractivity contribution >= 4 is 22.9 Å². The smallest absolute Gasteiger partial charge is 0.278 e. The quantitative estimate of drug-likeness (QED) is 0.590. The van der Waals surface area contributed by atoms with Crippen LogP contribution < -0.4 is 10.8 Å². The van der Waals surface area contributed by atoms with E-state index in [1.165, 1.54) is 19.3 Å². The van der Waals surface area contributed by atoms with Gasteiger partial charge in [-0.15, -0.1) is 0 Å². The number of benzene rings is 1. The molecule has 0 saturated heterocycles. The Morgan fingerprint density at radius 1 is 1.38 bits per heavy atom. The highest BCUT2D eigenvalue weighted by Gasteiger charge is 2.17. The molecule has 3 rings (SSSR count). The monoisotopic (exact) mass is 358 g/mol. The summed E-state index contributed by atoms with van der Waals surface area (Å²) in [5.74, 6) is -0.615. The fourth-order valence-corrected chi connectivity index (χ4v) is 2.44. The van der Waals surface area contributed by atoms with Gasteiger partial charge in [0.05, 0.1) is 29.1 Å². The summed E-state index contributed by atoms with van der Waals surface area (Å²) < 4.78 is 15.9. The normalized spacial score (nSPS) is 12.2. The first-order valence-electron chi connectivity index (χ1n) is 8.04. The standard InChI is InChI=1S/C18H19FN4O3/c1-11-3-6-16(15(19)7-11)21-17-14(18(25)22-26-9-12(2)24)5-4-13-8-20-10-23(13)17/h3-8,10,12,21,24H,9H2,1-2H3,(H,22,25)/t12-/m0/s1. The van der Waals surface area contributed by atoms with E-state index in [-0.39, 0.29) is 17.9 Å². The van der Waals surface area contributed by atoms with Crippen LogP contribution in [0, 0.1) is 12.7 Å². The Balaban J connectivity index is 1.96. The van der Waals surface area contributed by atoms with Gasteiger partial charge >= 0.3 is 0 Å². The number of carbonyl (C=O) groups is 1. The molecule has 0 radical (unpaired) electrons. The van der Waals surface area contributed by atoms with Crippen molar-refractivity contribution < 1.29 is 19.1 Å². The molecule has 3 aromatic rings. The summed E-state index contributed by atoms with van der Waals surface area (Å²) in [5.41, 5.74) is 4.27. The van der Waals surface area contributed by atoms with Crippen LogP contribution in [0.1, 0.15) is 22.8 Å². The molecule has 2 heterocycles. The summed E-state index contributed by atoms with van der Waals surface area (Å²) in [6, 6.07) is 8.08. The molecule has 1 aromatic carbocycles. The summed E-state index contributed by atoms with van der Waals surface area (Å²) in [6.45, 7) is 3.28. The average molecular weight is 358 g/mol. The average Bonchev–Trinajstić information content (AvgIpc) is 3.06. The summed E-state index contributed by atoms with van der Waals surface area (Å²) in [4.78, 5) is 21.5. The molecule has 136 valence electrons. The van der Waals surface area contributed by atoms with E-state index in [0.29, 0.717) is 5.82 Å². The maximum atomic E-state index is 14.2. The van der Waals surface area contributed by atoms with Gasteiger partial charge in [-0.3, -0.25) is 14.0 Å². The van der Waals surface area contributed by atoms with Crippen molar-refractivity contribution in [3.05, 3.63) is 59.8 Å². The second kappa shape index (κ2) is 7.51. The van der Waals surface area contributed by atoms with Gasteiger partial charge in [-0.25, -0.2) is 14.9 Å². The molecule has 0 bridgehead atoms. The SMILES string of the molecule is Cc1ccc(Nc2c(C(=O)NOC[C@H](C)O)ccc3cncn23)c(F)c1. The van der Waals surface area contributed by atoms with E-state index in [2.05, 4.69) is 15.8 Å². The number of aliphatic hydroxyl groups excluding tert-OH is 1. The van der Waals surface area contributed by atoms with E-state index in [0.717, 1.165) is 11.1 Å². The molecule has 0 aliphatic heterocycles. The number of aliphatic hydroxyl groups is 1. The van der Waals surface area contributed by atoms with Gasteiger partial charge in [0.1, 0.15) is 24.6 Å². The number of aryl methyl sites for hydroxylation is 1. The third kappa shape index (κ3) is 3.81. The molecule has 0 aliphatic rings. The molecule has 1 amide bonds. The summed E-state index contributed by atoms with van der Waals surface area (Å²) >= 11 is 0. The van der Waals surface area contributed by atoms with E-state index in [1.807, 2.05) is 0 Å². The molecule has 0 spiro atoms. The van der Waals surface area contributed by atoms with Crippen LogP contribution in [-0.2, 0) is 4.84 Å². The van der Waals surface area contributed by atoms with E-state index in [9.17, 15) is 14.3 Å². The lowest BCUT2D eigenvalue weighted by atomic mass is 10.2. The van der Waals surface area contributed by atoms with Crippen LogP contribution in [0.2, 0.25) is 0 Å². The molecule has 0 fully saturated rings. The number of nitrogens with zero attached hydrogens (tertiary/aromatic N) is 2. The minimum atomic E-state index is -0.717. The van der Waals surface area contributed by atoms with Crippen LogP contribution in [0.3, 0.4) is 0 Å². The first kappa shape index (κ1) is 17.8. The maximum absolute atomic E-state index is 14.2. The lowest BCUT2D eigenvalue weighted by Crippen LogP contribution is -2.28. The zero-order chi connectivity index (χ0) is 18.7. The summed E-state index contributed by atoms with van der Waals surface area (Å²) in [6.07, 6.45) is 2.44. The van der Waals surface area contributed by atoms with Gasteiger partial charge in [-0.2, -0.15) is 0 Å². The van der Waals surface area contributed by atoms with Crippen molar-refractivity contribution in [2.45, 2.75) is 20.0 Å². The number of carbonyl (C=O) groups excluding carboxylic acids is 1. The Hall–Kier alpha value is -2.97. The van der Waals surface area contributed by atoms with Gasteiger partial charge in [-0.05, 0) is 43.7 Å². The van der Waals surface area contributed by atoms with Gasteiger partial charge in [0, 0.05) is 0 Å². The number of fused-ring (bicyclic) bond motifs is 1. The van der Waals surface area contributed by atoms with Gasteiger partial charge in [0.15, 0.2) is 0 Å². The lowest BCUT2D eigenvalue weighted by molar-refractivity contribution is -0.00684. The molecule has 26 heavy (non-hydrogen) atoms. The van der Waals surface area contributed by atoms with Gasteiger partial charge < -0.3 is 10.4 Å². The number of hydrogen-bond donors (Lipinski definition) is 3. The molecule has 1 atom stereocenters. The van der Waals surface area contributed by atoms with Crippen molar-refractivity contribution in [1.29, 1.82) is 0 Å². The van der Waals surface area contributed by atoms with Crippen molar-refractivity contribution in [3.8, 4) is 0 Å². The first-order valence-corrected chi connectivity index (χ1v) is 8.04. The number of aromatic nitrogens is 2. The Kier molecular flexibility index (Phi) is 5.15. The van der Waals surface area contributed by atoms with Crippen molar-refractivity contribution in [2.75, 3.05) is 11.9 Å². The minimum Gasteiger partial charge on any atom is -0.391 e. The highest BCUT2D eigenvalue weighted by molar-refractivity contribution is 5.99. The molecule has 2 aromatic heterocycles. The van der Waals surface area contributed by atoms with Crippen LogP contribution >= 0.6 is 0 Å². The number of pyridine rings is 1. The van der Waals surface area contributed by atoms with Crippen LogP contribution in [-0.4, -0.2) is 33.1 Å². The number of hydrogen-bond acceptors (Lipinski definition) is 5. The maximum Gasteiger partial charge on any atom is 0.278 e. The third-order valence-electron chi connectivity index (χ3n) is 3.70. The Bertz CT molecular complexity index is 939. The number of hydroxylamine groups is 1. The first-order chi connectivity index (χ1) is 12.5. The third-order valence-corrected chi connectivity index (χ3v) is 3.70. The Morgan fingerprint density at radius 2 is 2.19 bits per heavy atom. The van der Waals surface area contributed by atoms with Crippen molar-refractivity contribution in [3.63, 3.8) is 0 Å². The number of rotatable bonds is 6. The molecule has 0 aliphatic carbocycles. The fourth-order valence-electron chi connectivity index (χ4n) is 2.44. The Morgan fingerprint density at radius 3 is 2.92 bits per heavy atom. The van der Waals surface area contributed by atoms with E-state index < -0.39 is 17.8 Å². The lowest BCUT2D eigenvalue weighted by Gasteiger charge is -2.15. The molecule has 3 N–H and O–H groups in total. The molecule has 0 unspecified atom stereocenters. The fraction of sp³-hybridized carbons (Fsp3) is 0.222. The van der Waals surface area contributed by atoms with Crippen molar-refractivity contribution in [1.82, 2.24) is 14.9 Å². The topological polar surface area (TPSA) is 87.9 Å². The predicted octanol–water partition coefficient (Wildman–Crippen LogP) is 2.57. The predicted molar refractivity (Wildman–Crippen MR) is 94.7 cm³/mol. The zero-order valence-corrected chi connectivity index (χ0v) is 14.4. The van der Waals surface area contributed by atoms with Crippen LogP contribution in [0.25, 0.3) is 5.52 Å². The molecule has 7 nitrogen and oxygen atoms in total. The van der Waals surface area contributed by atoms with E-state index in [4.69, 9.17) is 4.84 Å². The zero-order valence-electron chi connectivity index (χ0n) is 14.4. The van der Waals surface area contributed by atoms with Crippen molar-refractivity contribution in [2.24, 2.45) is 0 Å². The van der Waals surface area contributed by atoms with Crippen LogP contribution in [0.4, 0.5) is 15.9 Å². The molecule has 8 heteroatoms. The second-order valence-electron chi connectivity index (χ2n) is 5.98. The molecular formula is C18H19FN4O3. The highest BCUT2D eigenvalue weighted by atomic mass is 19.1. The van der Waals surface area contributed by atoms with Gasteiger partial charge in [-0.1, -0.05) is 6.07 Å². The number of amides is 1. The van der Waals surface area contributed by atoms with Crippen LogP contribution in [0.15, 0.2) is 42.9 Å². The number of anilines is 2. The van der Waals surface area contributed by atoms with E-state index >= 15 is 0 Å². The number of nitrogens with one attached hydrogen (secondary N) is 2. The summed E-state index contributed by atoms with van der Waals surface area (Å²) in [7, 11) is 0. The highest BCUT2D eigenvalue weighted by Crippen LogP contribution is 2.25. The summed E-state index contributed by atoms with van der Waals surface area (Å²) in [5, 5.41) is 12.2. The number of imidazole rings is 1. The number of halogens is 1. The second-order valence-corrected chi connectivity index (χ2v) is 5.98. The Labute approximate surface area is 149 Å². The molecule has 0 saturated carbocycles. The van der Waals surface area contributed by atoms with Crippen LogP contribution in [0.5, 0.6) is 0 Å². The van der Waals surface area contributed by atoms with Gasteiger partial charge in [0.25, 0.3) is 5.91 Å². The largest absolute Gasteiger partial charge is 0.391 e. The van der Waals surface area contributed by atoms with E-state index in [1.54, 1.807) is 41.8 Å². The molecular weight excluding hydrogens is 339 g/mol. The minimum absolute atomic E-state index is 0.0472. The van der Waals surface area contributed by atoms with Gasteiger partial charge in [0.2, 0.25) is 0 Å².